The highest BCUT2D eigenvalue weighted by Gasteiger charge is 1.88. The summed E-state index contributed by atoms with van der Waals surface area (Å²) in [6, 6.07) is 7.39. The van der Waals surface area contributed by atoms with Crippen LogP contribution in [0.3, 0.4) is 0 Å². The lowest BCUT2D eigenvalue weighted by molar-refractivity contribution is 1.60. The molecule has 0 fully saturated rings. The zero-order chi connectivity index (χ0) is 8.81. The Morgan fingerprint density at radius 3 is 1.83 bits per heavy atom. The van der Waals surface area contributed by atoms with Crippen molar-refractivity contribution < 1.29 is 0 Å². The minimum Gasteiger partial charge on any atom is -0.0598 e. The van der Waals surface area contributed by atoms with Gasteiger partial charge in [-0.15, -0.1) is 0 Å². The molecule has 0 nitrogen and oxygen atoms in total. The fourth-order valence-corrected chi connectivity index (χ4v) is 1.00. The van der Waals surface area contributed by atoms with E-state index < -0.39 is 0 Å². The molecule has 1 rings (SSSR count). The highest BCUT2D eigenvalue weighted by atomic mass is 35.5. The molecule has 0 heterocycles. The van der Waals surface area contributed by atoms with Gasteiger partial charge in [0, 0.05) is 21.9 Å². The van der Waals surface area contributed by atoms with Gasteiger partial charge in [-0.2, -0.15) is 0 Å². The van der Waals surface area contributed by atoms with Crippen LogP contribution in [0.15, 0.2) is 24.3 Å². The first-order valence-corrected chi connectivity index (χ1v) is 3.96. The second-order valence-electron chi connectivity index (χ2n) is 2.02. The van der Waals surface area contributed by atoms with Crippen molar-refractivity contribution in [1.29, 1.82) is 0 Å². The van der Waals surface area contributed by atoms with Gasteiger partial charge in [0.05, 0.1) is 0 Å². The average molecular weight is 195 g/mol. The van der Waals surface area contributed by atoms with Crippen LogP contribution in [0.4, 0.5) is 0 Å². The normalized spacial score (nSPS) is 7.50. The van der Waals surface area contributed by atoms with Gasteiger partial charge in [-0.1, -0.05) is 6.07 Å². The molecule has 0 aliphatic rings. The molecular weight excluding hydrogens is 191 g/mol. The summed E-state index contributed by atoms with van der Waals surface area (Å²) in [5, 5.41) is 4.59. The molecule has 0 unspecified atom stereocenters. The van der Waals surface area contributed by atoms with Gasteiger partial charge in [-0.3, -0.25) is 0 Å². The Bertz CT molecular complexity index is 350. The molecule has 0 saturated carbocycles. The predicted octanol–water partition coefficient (Wildman–Crippen LogP) is 2.78. The van der Waals surface area contributed by atoms with Crippen LogP contribution in [-0.4, -0.2) is 0 Å². The summed E-state index contributed by atoms with van der Waals surface area (Å²) in [7, 11) is 0. The van der Waals surface area contributed by atoms with Gasteiger partial charge in [-0.25, -0.2) is 0 Å². The minimum absolute atomic E-state index is 0.835. The third-order valence-electron chi connectivity index (χ3n) is 1.25. The summed E-state index contributed by atoms with van der Waals surface area (Å²) >= 11 is 10.5. The number of rotatable bonds is 0. The summed E-state index contributed by atoms with van der Waals surface area (Å²) < 4.78 is 0. The minimum atomic E-state index is 0.835. The van der Waals surface area contributed by atoms with E-state index in [1.165, 1.54) is 0 Å². The van der Waals surface area contributed by atoms with E-state index in [0.29, 0.717) is 0 Å². The van der Waals surface area contributed by atoms with Crippen molar-refractivity contribution in [1.82, 2.24) is 0 Å². The molecule has 2 heteroatoms. The van der Waals surface area contributed by atoms with Gasteiger partial charge in [-0.05, 0) is 53.2 Å². The third-order valence-corrected chi connectivity index (χ3v) is 1.43. The Morgan fingerprint density at radius 1 is 0.917 bits per heavy atom. The fraction of sp³-hybridized carbons (Fsp3) is 0. The van der Waals surface area contributed by atoms with Crippen molar-refractivity contribution in [2.24, 2.45) is 0 Å². The van der Waals surface area contributed by atoms with Crippen molar-refractivity contribution in [2.75, 3.05) is 0 Å². The quantitative estimate of drug-likeness (QED) is 0.558. The lowest BCUT2D eigenvalue weighted by atomic mass is 10.1. The molecule has 0 atom stereocenters. The first-order chi connectivity index (χ1) is 5.86. The van der Waals surface area contributed by atoms with Crippen molar-refractivity contribution in [2.45, 2.75) is 0 Å². The maximum atomic E-state index is 5.24. The topological polar surface area (TPSA) is 0 Å². The van der Waals surface area contributed by atoms with Crippen molar-refractivity contribution >= 4 is 23.2 Å². The van der Waals surface area contributed by atoms with E-state index in [4.69, 9.17) is 23.2 Å². The fourth-order valence-electron chi connectivity index (χ4n) is 0.784. The monoisotopic (exact) mass is 194 g/mol. The van der Waals surface area contributed by atoms with Crippen molar-refractivity contribution in [3.05, 3.63) is 35.4 Å². The Balaban J connectivity index is 3.06. The van der Waals surface area contributed by atoms with Gasteiger partial charge in [0.2, 0.25) is 0 Å². The summed E-state index contributed by atoms with van der Waals surface area (Å²) in [6.45, 7) is 0. The smallest absolute Gasteiger partial charge is 0.0270 e. The summed E-state index contributed by atoms with van der Waals surface area (Å²) in [4.78, 5) is 0. The standard InChI is InChI=1S/C10H4Cl2/c11-6-4-9-2-1-3-10(8-9)5-7-12/h1-3,8H. The highest BCUT2D eigenvalue weighted by Crippen LogP contribution is 2.02. The Morgan fingerprint density at radius 2 is 1.42 bits per heavy atom. The molecule has 0 aliphatic heterocycles. The van der Waals surface area contributed by atoms with Crippen LogP contribution in [0.1, 0.15) is 11.1 Å². The van der Waals surface area contributed by atoms with E-state index in [-0.39, 0.29) is 0 Å². The largest absolute Gasteiger partial charge is 0.0598 e. The second-order valence-corrected chi connectivity index (χ2v) is 2.40. The lowest BCUT2D eigenvalue weighted by Gasteiger charge is -1.90. The van der Waals surface area contributed by atoms with Crippen molar-refractivity contribution in [3.8, 4) is 22.6 Å². The van der Waals surface area contributed by atoms with E-state index in [1.54, 1.807) is 0 Å². The van der Waals surface area contributed by atoms with Crippen LogP contribution in [0.5, 0.6) is 0 Å². The molecule has 0 aliphatic carbocycles. The molecule has 0 saturated heterocycles. The predicted molar refractivity (Wildman–Crippen MR) is 51.9 cm³/mol. The Labute approximate surface area is 81.5 Å². The van der Waals surface area contributed by atoms with Crippen molar-refractivity contribution in [3.63, 3.8) is 0 Å². The van der Waals surface area contributed by atoms with Crippen LogP contribution >= 0.6 is 23.2 Å². The zero-order valence-electron chi connectivity index (χ0n) is 6.07. The molecular formula is C10H4Cl2. The summed E-state index contributed by atoms with van der Waals surface area (Å²) in [5.74, 6) is 5.42. The van der Waals surface area contributed by atoms with Gasteiger partial charge in [0.25, 0.3) is 0 Å². The highest BCUT2D eigenvalue weighted by molar-refractivity contribution is 6.30. The molecule has 0 amide bonds. The molecule has 0 radical (unpaired) electrons. The molecule has 0 spiro atoms. The van der Waals surface area contributed by atoms with Gasteiger partial charge in [0.15, 0.2) is 0 Å². The van der Waals surface area contributed by atoms with Crippen LogP contribution in [0, 0.1) is 22.6 Å². The average Bonchev–Trinajstić information content (AvgIpc) is 2.06. The second kappa shape index (κ2) is 4.73. The molecule has 0 N–H and O–H groups in total. The maximum absolute atomic E-state index is 5.24. The van der Waals surface area contributed by atoms with Crippen LogP contribution in [-0.2, 0) is 0 Å². The molecule has 1 aromatic rings. The number of hydrogen-bond acceptors (Lipinski definition) is 0. The van der Waals surface area contributed by atoms with E-state index in [2.05, 4.69) is 22.6 Å². The first-order valence-electron chi connectivity index (χ1n) is 3.20. The number of halogens is 2. The Hall–Kier alpha value is -1.08. The SMILES string of the molecule is ClC#Cc1cccc(C#CCl)c1. The van der Waals surface area contributed by atoms with E-state index in [0.717, 1.165) is 11.1 Å². The maximum Gasteiger partial charge on any atom is 0.0270 e. The number of hydrogen-bond donors (Lipinski definition) is 0. The molecule has 0 aromatic heterocycles. The van der Waals surface area contributed by atoms with E-state index in [1.807, 2.05) is 24.3 Å². The van der Waals surface area contributed by atoms with Crippen LogP contribution < -0.4 is 0 Å². The molecule has 58 valence electrons. The van der Waals surface area contributed by atoms with E-state index in [9.17, 15) is 0 Å². The first kappa shape index (κ1) is 9.01. The number of benzene rings is 1. The third kappa shape index (κ3) is 2.51. The van der Waals surface area contributed by atoms with Gasteiger partial charge in [0.1, 0.15) is 0 Å². The lowest BCUT2D eigenvalue weighted by Crippen LogP contribution is -1.76. The van der Waals surface area contributed by atoms with E-state index >= 15 is 0 Å². The van der Waals surface area contributed by atoms with Crippen LogP contribution in [0.2, 0.25) is 0 Å². The van der Waals surface area contributed by atoms with Gasteiger partial charge < -0.3 is 0 Å². The Kier molecular flexibility index (Phi) is 3.55. The van der Waals surface area contributed by atoms with Crippen LogP contribution in [0.25, 0.3) is 0 Å². The molecule has 12 heavy (non-hydrogen) atoms. The summed E-state index contributed by atoms with van der Waals surface area (Å²) in [5.41, 5.74) is 1.67. The van der Waals surface area contributed by atoms with Gasteiger partial charge >= 0.3 is 0 Å². The summed E-state index contributed by atoms with van der Waals surface area (Å²) in [6.07, 6.45) is 0. The zero-order valence-corrected chi connectivity index (χ0v) is 7.58. The molecule has 1 aromatic carbocycles. The molecule has 0 bridgehead atoms.